The Morgan fingerprint density at radius 1 is 0.771 bits per heavy atom. The van der Waals surface area contributed by atoms with Crippen molar-refractivity contribution in [3.63, 3.8) is 0 Å². The van der Waals surface area contributed by atoms with Crippen molar-refractivity contribution in [2.24, 2.45) is 13.0 Å². The molecule has 0 saturated carbocycles. The highest BCUT2D eigenvalue weighted by atomic mass is 35.5. The number of carbonyl (C=O) groups excluding carboxylic acids is 5. The molecule has 5 amide bonds. The standard InChI is InChI=1S/C53H61Cl2FN8O6/c1-34-30-58-49(65)28-43(25-37-12-17-41(54)18-13-37)59-52(68)45(29-56)60-51(67)35(2)64(50(66)26-40(53(69)61(34)3)24-36-10-6-5-7-11-36)32-39-14-19-42(55)27-47(39)70-44-20-15-38(16-21-44)46-31-57-48(62(46)4)33-63-22-8-9-23-63/h5-7,10-21,27,31,34-35,40,43,45H,8-9,22-26,28-30,32-33H2,1-4H3,(H,58,65)(H,59,68)(H,60,67)/t34-,35-,40+,43-,45-/m0/s1. The molecule has 3 N–H and O–H groups in total. The lowest BCUT2D eigenvalue weighted by atomic mass is 9.93. The average Bonchev–Trinajstić information content (AvgIpc) is 4.01. The van der Waals surface area contributed by atoms with Gasteiger partial charge in [0.1, 0.15) is 36.1 Å². The van der Waals surface area contributed by atoms with Crippen molar-refractivity contribution >= 4 is 52.7 Å². The van der Waals surface area contributed by atoms with E-state index in [2.05, 4.69) is 25.4 Å². The molecule has 0 radical (unpaired) electrons. The van der Waals surface area contributed by atoms with E-state index in [1.54, 1.807) is 56.4 Å². The number of nitrogens with one attached hydrogen (secondary N) is 3. The van der Waals surface area contributed by atoms with Crippen molar-refractivity contribution in [3.05, 3.63) is 136 Å². The first-order chi connectivity index (χ1) is 33.6. The van der Waals surface area contributed by atoms with Crippen molar-refractivity contribution in [1.82, 2.24) is 40.2 Å². The molecule has 2 fully saturated rings. The molecule has 2 aliphatic rings. The van der Waals surface area contributed by atoms with Crippen LogP contribution in [-0.2, 0) is 57.0 Å². The van der Waals surface area contributed by atoms with E-state index in [4.69, 9.17) is 32.9 Å². The van der Waals surface area contributed by atoms with Crippen LogP contribution in [0.3, 0.4) is 0 Å². The summed E-state index contributed by atoms with van der Waals surface area (Å²) in [4.78, 5) is 80.9. The average molecular weight is 996 g/mol. The van der Waals surface area contributed by atoms with Crippen LogP contribution in [0.2, 0.25) is 10.0 Å². The number of rotatable bonds is 12. The van der Waals surface area contributed by atoms with E-state index in [1.165, 1.54) is 29.6 Å². The molecule has 0 unspecified atom stereocenters. The van der Waals surface area contributed by atoms with Gasteiger partial charge >= 0.3 is 0 Å². The number of nitrogens with zero attached hydrogens (tertiary/aromatic N) is 5. The molecule has 5 aromatic rings. The van der Waals surface area contributed by atoms with E-state index in [1.807, 2.05) is 67.8 Å². The molecule has 4 aromatic carbocycles. The van der Waals surface area contributed by atoms with Crippen LogP contribution in [0, 0.1) is 5.92 Å². The molecule has 5 atom stereocenters. The first-order valence-corrected chi connectivity index (χ1v) is 24.5. The normalized spacial score (nSPS) is 21.5. The highest BCUT2D eigenvalue weighted by Gasteiger charge is 2.35. The van der Waals surface area contributed by atoms with Crippen molar-refractivity contribution in [2.75, 3.05) is 33.4 Å². The van der Waals surface area contributed by atoms with Crippen LogP contribution >= 0.6 is 23.2 Å². The minimum Gasteiger partial charge on any atom is -0.457 e. The Morgan fingerprint density at radius 2 is 1.46 bits per heavy atom. The number of likely N-dealkylation sites (N-methyl/N-ethyl adjacent to an activating group) is 1. The Bertz CT molecular complexity index is 2610. The summed E-state index contributed by atoms with van der Waals surface area (Å²) >= 11 is 12.7. The summed E-state index contributed by atoms with van der Waals surface area (Å²) in [5.41, 5.74) is 3.95. The molecular formula is C53H61Cl2FN8O6. The smallest absolute Gasteiger partial charge is 0.245 e. The number of carbonyl (C=O) groups is 5. The zero-order valence-corrected chi connectivity index (χ0v) is 41.5. The molecule has 0 bridgehead atoms. The molecule has 7 rings (SSSR count). The second-order valence-corrected chi connectivity index (χ2v) is 19.2. The third-order valence-electron chi connectivity index (χ3n) is 13.2. The first kappa shape index (κ1) is 51.6. The molecule has 0 aliphatic carbocycles. The van der Waals surface area contributed by atoms with Crippen LogP contribution in [0.15, 0.2) is 103 Å². The number of aromatic nitrogens is 2. The molecule has 370 valence electrons. The van der Waals surface area contributed by atoms with Crippen LogP contribution in [-0.4, -0.2) is 111 Å². The largest absolute Gasteiger partial charge is 0.457 e. The Labute approximate surface area is 418 Å². The Balaban J connectivity index is 1.18. The van der Waals surface area contributed by atoms with E-state index in [-0.39, 0.29) is 44.7 Å². The van der Waals surface area contributed by atoms with E-state index >= 15 is 0 Å². The topological polar surface area (TPSA) is 158 Å². The van der Waals surface area contributed by atoms with Crippen LogP contribution in [0.5, 0.6) is 11.5 Å². The maximum atomic E-state index is 14.9. The Kier molecular flexibility index (Phi) is 17.7. The number of amides is 5. The number of halogens is 3. The van der Waals surface area contributed by atoms with Gasteiger partial charge in [-0.05, 0) is 112 Å². The molecule has 17 heteroatoms. The maximum absolute atomic E-state index is 14.9. The summed E-state index contributed by atoms with van der Waals surface area (Å²) < 4.78 is 23.4. The van der Waals surface area contributed by atoms with Gasteiger partial charge < -0.3 is 35.1 Å². The fourth-order valence-electron chi connectivity index (χ4n) is 8.87. The highest BCUT2D eigenvalue weighted by molar-refractivity contribution is 6.31. The predicted octanol–water partition coefficient (Wildman–Crippen LogP) is 7.30. The summed E-state index contributed by atoms with van der Waals surface area (Å²) in [7, 11) is 3.64. The number of hydrogen-bond acceptors (Lipinski definition) is 8. The quantitative estimate of drug-likeness (QED) is 0.118. The van der Waals surface area contributed by atoms with Gasteiger partial charge in [0.2, 0.25) is 29.5 Å². The number of hydrogen-bond donors (Lipinski definition) is 3. The highest BCUT2D eigenvalue weighted by Crippen LogP contribution is 2.33. The summed E-state index contributed by atoms with van der Waals surface area (Å²) in [6, 6.07) is 24.4. The van der Waals surface area contributed by atoms with Crippen LogP contribution in [0.1, 0.15) is 62.0 Å². The maximum Gasteiger partial charge on any atom is 0.245 e. The Morgan fingerprint density at radius 3 is 2.16 bits per heavy atom. The summed E-state index contributed by atoms with van der Waals surface area (Å²) in [6.07, 6.45) is 4.16. The van der Waals surface area contributed by atoms with E-state index < -0.39 is 60.4 Å². The SMILES string of the molecule is C[C@H]1CNC(=O)C[C@H](Cc2ccc(Cl)cc2)NC(=O)[C@H](CF)NC(=O)[C@H](C)N(Cc2ccc(Cl)cc2Oc2ccc(-c3cnc(CN4CCCC4)n3C)cc2)C(=O)C[C@@H](Cc2ccccc2)C(=O)N1C. The second kappa shape index (κ2) is 24.0. The van der Waals surface area contributed by atoms with Crippen LogP contribution in [0.4, 0.5) is 4.39 Å². The number of imidazole rings is 1. The van der Waals surface area contributed by atoms with Gasteiger partial charge in [-0.25, -0.2) is 9.37 Å². The predicted molar refractivity (Wildman–Crippen MR) is 268 cm³/mol. The Hall–Kier alpha value is -6.29. The lowest BCUT2D eigenvalue weighted by Crippen LogP contribution is -2.56. The molecule has 70 heavy (non-hydrogen) atoms. The van der Waals surface area contributed by atoms with Gasteiger partial charge in [0.25, 0.3) is 0 Å². The molecular weight excluding hydrogens is 935 g/mol. The molecule has 3 heterocycles. The monoisotopic (exact) mass is 994 g/mol. The third-order valence-corrected chi connectivity index (χ3v) is 13.7. The fourth-order valence-corrected chi connectivity index (χ4v) is 9.15. The lowest BCUT2D eigenvalue weighted by molar-refractivity contribution is -0.146. The van der Waals surface area contributed by atoms with E-state index in [0.717, 1.165) is 47.8 Å². The zero-order chi connectivity index (χ0) is 49.9. The van der Waals surface area contributed by atoms with E-state index in [9.17, 15) is 28.4 Å². The summed E-state index contributed by atoms with van der Waals surface area (Å²) in [6.45, 7) is 4.81. The zero-order valence-electron chi connectivity index (χ0n) is 40.0. The minimum atomic E-state index is -1.66. The van der Waals surface area contributed by atoms with Crippen LogP contribution in [0.25, 0.3) is 11.3 Å². The first-order valence-electron chi connectivity index (χ1n) is 23.7. The van der Waals surface area contributed by atoms with Gasteiger partial charge in [-0.15, -0.1) is 0 Å². The van der Waals surface area contributed by atoms with Crippen molar-refractivity contribution in [1.29, 1.82) is 0 Å². The molecule has 1 aromatic heterocycles. The van der Waals surface area contributed by atoms with Gasteiger partial charge in [0.05, 0.1) is 30.9 Å². The molecule has 2 saturated heterocycles. The van der Waals surface area contributed by atoms with Crippen molar-refractivity contribution < 1.29 is 33.1 Å². The number of benzene rings is 4. The molecule has 0 spiro atoms. The summed E-state index contributed by atoms with van der Waals surface area (Å²) in [5.74, 6) is -2.08. The van der Waals surface area contributed by atoms with E-state index in [0.29, 0.717) is 27.1 Å². The summed E-state index contributed by atoms with van der Waals surface area (Å²) in [5, 5.41) is 9.02. The van der Waals surface area contributed by atoms with Gasteiger partial charge in [-0.3, -0.25) is 28.9 Å². The number of likely N-dealkylation sites (tertiary alicyclic amines) is 1. The second-order valence-electron chi connectivity index (χ2n) is 18.3. The fraction of sp³-hybridized carbons (Fsp3) is 0.396. The number of alkyl halides is 1. The number of ether oxygens (including phenoxy) is 1. The minimum absolute atomic E-state index is 0.0756. The van der Waals surface area contributed by atoms with Gasteiger partial charge in [0.15, 0.2) is 0 Å². The lowest BCUT2D eigenvalue weighted by Gasteiger charge is -2.33. The van der Waals surface area contributed by atoms with Crippen molar-refractivity contribution in [3.8, 4) is 22.8 Å². The molecule has 14 nitrogen and oxygen atoms in total. The van der Waals surface area contributed by atoms with Crippen LogP contribution < -0.4 is 20.7 Å². The third kappa shape index (κ3) is 13.5. The van der Waals surface area contributed by atoms with Gasteiger partial charge in [0, 0.05) is 66.7 Å². The molecule has 2 aliphatic heterocycles. The van der Waals surface area contributed by atoms with Gasteiger partial charge in [-0.1, -0.05) is 71.7 Å². The van der Waals surface area contributed by atoms with Crippen molar-refractivity contribution in [2.45, 2.75) is 89.6 Å². The van der Waals surface area contributed by atoms with Gasteiger partial charge in [-0.2, -0.15) is 0 Å².